The van der Waals surface area contributed by atoms with E-state index < -0.39 is 0 Å². The van der Waals surface area contributed by atoms with Gasteiger partial charge in [0.05, 0.1) is 13.7 Å². The molecule has 0 bridgehead atoms. The van der Waals surface area contributed by atoms with Gasteiger partial charge in [-0.05, 0) is 31.2 Å². The van der Waals surface area contributed by atoms with Crippen molar-refractivity contribution in [2.24, 2.45) is 5.73 Å². The van der Waals surface area contributed by atoms with Gasteiger partial charge in [0.2, 0.25) is 0 Å². The Morgan fingerprint density at radius 3 is 2.58 bits per heavy atom. The maximum absolute atomic E-state index is 5.98. The van der Waals surface area contributed by atoms with Gasteiger partial charge in [-0.25, -0.2) is 0 Å². The van der Waals surface area contributed by atoms with Crippen molar-refractivity contribution in [3.63, 3.8) is 0 Å². The van der Waals surface area contributed by atoms with Crippen LogP contribution >= 0.6 is 0 Å². The molecule has 0 radical (unpaired) electrons. The van der Waals surface area contributed by atoms with Crippen LogP contribution in [0.5, 0.6) is 5.75 Å². The second kappa shape index (κ2) is 8.15. The summed E-state index contributed by atoms with van der Waals surface area (Å²) in [6.07, 6.45) is 0. The molecule has 0 amide bonds. The molecule has 4 nitrogen and oxygen atoms in total. The molecule has 2 atom stereocenters. The largest absolute Gasteiger partial charge is 0.497 e. The first-order valence-corrected chi connectivity index (χ1v) is 6.76. The van der Waals surface area contributed by atoms with Gasteiger partial charge in [-0.3, -0.25) is 4.90 Å². The van der Waals surface area contributed by atoms with E-state index in [4.69, 9.17) is 15.2 Å². The summed E-state index contributed by atoms with van der Waals surface area (Å²) in [5, 5.41) is 0. The summed E-state index contributed by atoms with van der Waals surface area (Å²) in [6.45, 7) is 6.53. The quantitative estimate of drug-likeness (QED) is 0.782. The van der Waals surface area contributed by atoms with Crippen molar-refractivity contribution < 1.29 is 9.47 Å². The van der Waals surface area contributed by atoms with Crippen LogP contribution in [-0.4, -0.2) is 44.9 Å². The number of likely N-dealkylation sites (N-methyl/N-ethyl adjacent to an activating group) is 1. The number of hydrogen-bond donors (Lipinski definition) is 1. The summed E-state index contributed by atoms with van der Waals surface area (Å²) in [6, 6.07) is 8.62. The summed E-state index contributed by atoms with van der Waals surface area (Å²) in [7, 11) is 3.41. The number of nitrogens with zero attached hydrogens (tertiary/aromatic N) is 1. The van der Waals surface area contributed by atoms with Crippen LogP contribution in [0.1, 0.15) is 25.5 Å². The summed E-state index contributed by atoms with van der Waals surface area (Å²) in [5.41, 5.74) is 7.17. The highest BCUT2D eigenvalue weighted by atomic mass is 16.5. The molecule has 1 aromatic carbocycles. The molecule has 0 aliphatic rings. The molecular formula is C15H26N2O2. The van der Waals surface area contributed by atoms with E-state index in [-0.39, 0.29) is 6.04 Å². The summed E-state index contributed by atoms with van der Waals surface area (Å²) < 4.78 is 10.5. The molecule has 0 saturated heterocycles. The normalized spacial score (nSPS) is 14.4. The van der Waals surface area contributed by atoms with Crippen molar-refractivity contribution in [1.29, 1.82) is 0 Å². The Morgan fingerprint density at radius 2 is 2.05 bits per heavy atom. The first-order chi connectivity index (χ1) is 9.17. The highest BCUT2D eigenvalue weighted by molar-refractivity contribution is 5.30. The van der Waals surface area contributed by atoms with Crippen molar-refractivity contribution in [2.75, 3.05) is 33.9 Å². The minimum Gasteiger partial charge on any atom is -0.497 e. The Bertz CT molecular complexity index is 371. The van der Waals surface area contributed by atoms with Crippen molar-refractivity contribution in [1.82, 2.24) is 4.90 Å². The van der Waals surface area contributed by atoms with Gasteiger partial charge in [0, 0.05) is 25.7 Å². The molecule has 0 spiro atoms. The minimum atomic E-state index is 0.185. The van der Waals surface area contributed by atoms with E-state index >= 15 is 0 Å². The van der Waals surface area contributed by atoms with Crippen molar-refractivity contribution in [3.05, 3.63) is 29.8 Å². The first-order valence-electron chi connectivity index (χ1n) is 6.76. The second-order valence-electron chi connectivity index (χ2n) is 4.66. The fraction of sp³-hybridized carbons (Fsp3) is 0.600. The number of hydrogen-bond acceptors (Lipinski definition) is 4. The Balaban J connectivity index is 2.95. The molecule has 4 heteroatoms. The van der Waals surface area contributed by atoms with Crippen LogP contribution in [0.3, 0.4) is 0 Å². The molecule has 0 heterocycles. The van der Waals surface area contributed by atoms with Crippen LogP contribution in [0.15, 0.2) is 24.3 Å². The van der Waals surface area contributed by atoms with Crippen LogP contribution < -0.4 is 10.5 Å². The predicted molar refractivity (Wildman–Crippen MR) is 78.5 cm³/mol. The van der Waals surface area contributed by atoms with Crippen LogP contribution in [0.4, 0.5) is 0 Å². The molecule has 19 heavy (non-hydrogen) atoms. The third-order valence-corrected chi connectivity index (χ3v) is 3.44. The van der Waals surface area contributed by atoms with Gasteiger partial charge in [-0.1, -0.05) is 19.1 Å². The Hall–Kier alpha value is -1.10. The molecular weight excluding hydrogens is 240 g/mol. The molecule has 2 unspecified atom stereocenters. The maximum Gasteiger partial charge on any atom is 0.119 e. The number of ether oxygens (including phenoxy) is 2. The molecule has 2 N–H and O–H groups in total. The lowest BCUT2D eigenvalue weighted by molar-refractivity contribution is 0.0751. The number of methoxy groups -OCH3 is 2. The highest BCUT2D eigenvalue weighted by Gasteiger charge is 2.22. The fourth-order valence-electron chi connectivity index (χ4n) is 2.49. The Labute approximate surface area is 116 Å². The van der Waals surface area contributed by atoms with E-state index in [9.17, 15) is 0 Å². The molecule has 1 aromatic rings. The van der Waals surface area contributed by atoms with Gasteiger partial charge >= 0.3 is 0 Å². The lowest BCUT2D eigenvalue weighted by Gasteiger charge is -2.35. The maximum atomic E-state index is 5.98. The first kappa shape index (κ1) is 16.0. The molecule has 1 rings (SSSR count). The fourth-order valence-corrected chi connectivity index (χ4v) is 2.49. The Morgan fingerprint density at radius 1 is 1.32 bits per heavy atom. The molecule has 0 aliphatic carbocycles. The zero-order valence-electron chi connectivity index (χ0n) is 12.4. The van der Waals surface area contributed by atoms with Crippen molar-refractivity contribution in [3.8, 4) is 5.75 Å². The van der Waals surface area contributed by atoms with E-state index in [1.807, 2.05) is 12.1 Å². The van der Waals surface area contributed by atoms with Crippen LogP contribution in [0.25, 0.3) is 0 Å². The SMILES string of the molecule is CCN(C(C)COC)C(CN)c1cccc(OC)c1. The molecule has 0 fully saturated rings. The number of benzene rings is 1. The van der Waals surface area contributed by atoms with Gasteiger partial charge < -0.3 is 15.2 Å². The third-order valence-electron chi connectivity index (χ3n) is 3.44. The standard InChI is InChI=1S/C15H26N2O2/c1-5-17(12(2)11-18-3)15(10-16)13-7-6-8-14(9-13)19-4/h6-9,12,15H,5,10-11,16H2,1-4H3. The number of rotatable bonds is 8. The lowest BCUT2D eigenvalue weighted by atomic mass is 10.0. The third kappa shape index (κ3) is 4.20. The highest BCUT2D eigenvalue weighted by Crippen LogP contribution is 2.25. The number of nitrogens with two attached hydrogens (primary N) is 1. The minimum absolute atomic E-state index is 0.185. The predicted octanol–water partition coefficient (Wildman–Crippen LogP) is 2.05. The van der Waals surface area contributed by atoms with Crippen molar-refractivity contribution in [2.45, 2.75) is 25.9 Å². The van der Waals surface area contributed by atoms with E-state index in [0.29, 0.717) is 19.2 Å². The second-order valence-corrected chi connectivity index (χ2v) is 4.66. The average molecular weight is 266 g/mol. The summed E-state index contributed by atoms with van der Waals surface area (Å²) >= 11 is 0. The van der Waals surface area contributed by atoms with Crippen LogP contribution in [0.2, 0.25) is 0 Å². The van der Waals surface area contributed by atoms with E-state index in [0.717, 1.165) is 12.3 Å². The van der Waals surface area contributed by atoms with Crippen LogP contribution in [-0.2, 0) is 4.74 Å². The smallest absolute Gasteiger partial charge is 0.119 e. The average Bonchev–Trinajstić information content (AvgIpc) is 2.44. The van der Waals surface area contributed by atoms with Gasteiger partial charge in [0.25, 0.3) is 0 Å². The van der Waals surface area contributed by atoms with E-state index in [2.05, 4.69) is 30.9 Å². The molecule has 0 aliphatic heterocycles. The van der Waals surface area contributed by atoms with E-state index in [1.165, 1.54) is 5.56 Å². The lowest BCUT2D eigenvalue weighted by Crippen LogP contribution is -2.42. The monoisotopic (exact) mass is 266 g/mol. The summed E-state index contributed by atoms with van der Waals surface area (Å²) in [4.78, 5) is 2.36. The van der Waals surface area contributed by atoms with Gasteiger partial charge in [-0.2, -0.15) is 0 Å². The van der Waals surface area contributed by atoms with Gasteiger partial charge in [0.15, 0.2) is 0 Å². The molecule has 0 aromatic heterocycles. The summed E-state index contributed by atoms with van der Waals surface area (Å²) in [5.74, 6) is 0.867. The topological polar surface area (TPSA) is 47.7 Å². The van der Waals surface area contributed by atoms with Gasteiger partial charge in [0.1, 0.15) is 5.75 Å². The molecule has 0 saturated carbocycles. The zero-order valence-corrected chi connectivity index (χ0v) is 12.4. The zero-order chi connectivity index (χ0) is 14.3. The van der Waals surface area contributed by atoms with E-state index in [1.54, 1.807) is 14.2 Å². The van der Waals surface area contributed by atoms with Crippen LogP contribution in [0, 0.1) is 0 Å². The molecule has 108 valence electrons. The van der Waals surface area contributed by atoms with Crippen molar-refractivity contribution >= 4 is 0 Å². The van der Waals surface area contributed by atoms with Gasteiger partial charge in [-0.15, -0.1) is 0 Å². The Kier molecular flexibility index (Phi) is 6.84.